The Hall–Kier alpha value is -1.26. The first-order valence-electron chi connectivity index (χ1n) is 6.14. The summed E-state index contributed by atoms with van der Waals surface area (Å²) in [6, 6.07) is 6.18. The van der Waals surface area contributed by atoms with Gasteiger partial charge >= 0.3 is 0 Å². The van der Waals surface area contributed by atoms with Gasteiger partial charge in [-0.2, -0.15) is 0 Å². The lowest BCUT2D eigenvalue weighted by Gasteiger charge is -2.18. The van der Waals surface area contributed by atoms with Crippen LogP contribution in [0, 0.1) is 0 Å². The Morgan fingerprint density at radius 1 is 1.06 bits per heavy atom. The third kappa shape index (κ3) is 3.61. The number of ether oxygens (including phenoxy) is 2. The summed E-state index contributed by atoms with van der Waals surface area (Å²) in [6.45, 7) is 4.29. The third-order valence-corrected chi connectivity index (χ3v) is 2.75. The Labute approximate surface area is 102 Å². The number of fused-ring (bicyclic) bond motifs is 1. The van der Waals surface area contributed by atoms with Crippen LogP contribution in [-0.2, 0) is 6.42 Å². The normalized spacial score (nSPS) is 13.7. The molecule has 0 aliphatic carbocycles. The van der Waals surface area contributed by atoms with E-state index >= 15 is 0 Å². The molecule has 0 amide bonds. The van der Waals surface area contributed by atoms with Crippen LogP contribution in [0.5, 0.6) is 11.5 Å². The molecule has 4 heteroatoms. The van der Waals surface area contributed by atoms with Gasteiger partial charge in [0.2, 0.25) is 0 Å². The lowest BCUT2D eigenvalue weighted by Crippen LogP contribution is -2.26. The molecule has 0 saturated carbocycles. The lowest BCUT2D eigenvalue weighted by atomic mass is 10.1. The second-order valence-electron chi connectivity index (χ2n) is 4.08. The van der Waals surface area contributed by atoms with E-state index in [9.17, 15) is 0 Å². The SMILES string of the molecule is CNCCNCCc1ccc2c(c1)OCCO2. The monoisotopic (exact) mass is 236 g/mol. The Balaban J connectivity index is 1.81. The molecular formula is C13H20N2O2. The molecule has 0 radical (unpaired) electrons. The van der Waals surface area contributed by atoms with Crippen LogP contribution in [0.2, 0.25) is 0 Å². The fraction of sp³-hybridized carbons (Fsp3) is 0.538. The highest BCUT2D eigenvalue weighted by atomic mass is 16.6. The molecule has 1 aliphatic heterocycles. The highest BCUT2D eigenvalue weighted by molar-refractivity contribution is 5.43. The van der Waals surface area contributed by atoms with E-state index in [2.05, 4.69) is 22.8 Å². The van der Waals surface area contributed by atoms with Crippen LogP contribution in [0.3, 0.4) is 0 Å². The van der Waals surface area contributed by atoms with Crippen molar-refractivity contribution in [3.63, 3.8) is 0 Å². The molecule has 1 aromatic rings. The molecule has 1 aliphatic rings. The first-order valence-corrected chi connectivity index (χ1v) is 6.14. The first-order chi connectivity index (χ1) is 8.40. The molecule has 4 nitrogen and oxygen atoms in total. The number of benzene rings is 1. The Morgan fingerprint density at radius 3 is 2.71 bits per heavy atom. The van der Waals surface area contributed by atoms with Crippen LogP contribution in [-0.4, -0.2) is 39.9 Å². The van der Waals surface area contributed by atoms with Crippen LogP contribution in [0.25, 0.3) is 0 Å². The van der Waals surface area contributed by atoms with Gasteiger partial charge in [0.1, 0.15) is 13.2 Å². The zero-order valence-electron chi connectivity index (χ0n) is 10.3. The molecule has 17 heavy (non-hydrogen) atoms. The van der Waals surface area contributed by atoms with Crippen molar-refractivity contribution in [2.45, 2.75) is 6.42 Å². The van der Waals surface area contributed by atoms with Crippen molar-refractivity contribution >= 4 is 0 Å². The van der Waals surface area contributed by atoms with Crippen molar-refractivity contribution in [3.8, 4) is 11.5 Å². The standard InChI is InChI=1S/C13H20N2O2/c1-14-6-7-15-5-4-11-2-3-12-13(10-11)17-9-8-16-12/h2-3,10,14-15H,4-9H2,1H3. The molecule has 1 aromatic carbocycles. The Morgan fingerprint density at radius 2 is 1.88 bits per heavy atom. The van der Waals surface area contributed by atoms with Gasteiger partial charge < -0.3 is 20.1 Å². The largest absolute Gasteiger partial charge is 0.486 e. The maximum atomic E-state index is 5.55. The summed E-state index contributed by atoms with van der Waals surface area (Å²) in [6.07, 6.45) is 1.01. The van der Waals surface area contributed by atoms with E-state index in [0.29, 0.717) is 13.2 Å². The van der Waals surface area contributed by atoms with Gasteiger partial charge in [-0.15, -0.1) is 0 Å². The average molecular weight is 236 g/mol. The summed E-state index contributed by atoms with van der Waals surface area (Å²) in [5.41, 5.74) is 1.28. The van der Waals surface area contributed by atoms with E-state index in [0.717, 1.165) is 37.6 Å². The zero-order valence-corrected chi connectivity index (χ0v) is 10.3. The third-order valence-electron chi connectivity index (χ3n) is 2.75. The van der Waals surface area contributed by atoms with Crippen LogP contribution in [0.1, 0.15) is 5.56 Å². The van der Waals surface area contributed by atoms with Gasteiger partial charge in [-0.1, -0.05) is 6.07 Å². The predicted octanol–water partition coefficient (Wildman–Crippen LogP) is 0.809. The summed E-state index contributed by atoms with van der Waals surface area (Å²) in [7, 11) is 1.96. The molecule has 1 heterocycles. The van der Waals surface area contributed by atoms with E-state index in [4.69, 9.17) is 9.47 Å². The predicted molar refractivity (Wildman–Crippen MR) is 67.9 cm³/mol. The number of nitrogens with one attached hydrogen (secondary N) is 2. The molecule has 0 unspecified atom stereocenters. The molecule has 0 fully saturated rings. The van der Waals surface area contributed by atoms with Crippen molar-refractivity contribution in [2.24, 2.45) is 0 Å². The summed E-state index contributed by atoms with van der Waals surface area (Å²) in [5, 5.41) is 6.49. The van der Waals surface area contributed by atoms with Gasteiger partial charge in [-0.05, 0) is 37.7 Å². The van der Waals surface area contributed by atoms with E-state index in [1.807, 2.05) is 13.1 Å². The minimum Gasteiger partial charge on any atom is -0.486 e. The molecular weight excluding hydrogens is 216 g/mol. The lowest BCUT2D eigenvalue weighted by molar-refractivity contribution is 0.171. The molecule has 0 saturated heterocycles. The fourth-order valence-electron chi connectivity index (χ4n) is 1.81. The zero-order chi connectivity index (χ0) is 11.9. The molecule has 2 N–H and O–H groups in total. The maximum Gasteiger partial charge on any atom is 0.161 e. The van der Waals surface area contributed by atoms with Crippen LogP contribution < -0.4 is 20.1 Å². The average Bonchev–Trinajstić information content (AvgIpc) is 2.38. The molecule has 94 valence electrons. The topological polar surface area (TPSA) is 42.5 Å². The second kappa shape index (κ2) is 6.47. The number of rotatable bonds is 6. The summed E-state index contributed by atoms with van der Waals surface area (Å²) < 4.78 is 11.0. The molecule has 2 rings (SSSR count). The maximum absolute atomic E-state index is 5.55. The second-order valence-corrected chi connectivity index (χ2v) is 4.08. The van der Waals surface area contributed by atoms with Crippen LogP contribution >= 0.6 is 0 Å². The summed E-state index contributed by atoms with van der Waals surface area (Å²) in [4.78, 5) is 0. The minimum absolute atomic E-state index is 0.650. The fourth-order valence-corrected chi connectivity index (χ4v) is 1.81. The van der Waals surface area contributed by atoms with Gasteiger partial charge in [-0.25, -0.2) is 0 Å². The van der Waals surface area contributed by atoms with Crippen molar-refractivity contribution < 1.29 is 9.47 Å². The quantitative estimate of drug-likeness (QED) is 0.717. The molecule has 0 bridgehead atoms. The van der Waals surface area contributed by atoms with E-state index in [1.165, 1.54) is 5.56 Å². The van der Waals surface area contributed by atoms with Gasteiger partial charge in [0.15, 0.2) is 11.5 Å². The van der Waals surface area contributed by atoms with Gasteiger partial charge in [0.05, 0.1) is 0 Å². The van der Waals surface area contributed by atoms with Gasteiger partial charge in [-0.3, -0.25) is 0 Å². The first kappa shape index (κ1) is 12.2. The Bertz CT molecular complexity index is 355. The van der Waals surface area contributed by atoms with E-state index in [-0.39, 0.29) is 0 Å². The number of hydrogen-bond acceptors (Lipinski definition) is 4. The van der Waals surface area contributed by atoms with E-state index < -0.39 is 0 Å². The van der Waals surface area contributed by atoms with Gasteiger partial charge in [0, 0.05) is 13.1 Å². The molecule has 0 atom stereocenters. The molecule has 0 aromatic heterocycles. The summed E-state index contributed by atoms with van der Waals surface area (Å²) in [5.74, 6) is 1.74. The van der Waals surface area contributed by atoms with Crippen molar-refractivity contribution in [1.29, 1.82) is 0 Å². The van der Waals surface area contributed by atoms with Crippen LogP contribution in [0.4, 0.5) is 0 Å². The van der Waals surface area contributed by atoms with Crippen molar-refractivity contribution in [2.75, 3.05) is 39.9 Å². The number of hydrogen-bond donors (Lipinski definition) is 2. The number of likely N-dealkylation sites (N-methyl/N-ethyl adjacent to an activating group) is 1. The van der Waals surface area contributed by atoms with E-state index in [1.54, 1.807) is 0 Å². The van der Waals surface area contributed by atoms with Crippen molar-refractivity contribution in [3.05, 3.63) is 23.8 Å². The smallest absolute Gasteiger partial charge is 0.161 e. The Kier molecular flexibility index (Phi) is 4.64. The summed E-state index contributed by atoms with van der Waals surface area (Å²) >= 11 is 0. The highest BCUT2D eigenvalue weighted by Crippen LogP contribution is 2.30. The molecule has 0 spiro atoms. The highest BCUT2D eigenvalue weighted by Gasteiger charge is 2.11. The van der Waals surface area contributed by atoms with Crippen molar-refractivity contribution in [1.82, 2.24) is 10.6 Å². The van der Waals surface area contributed by atoms with Crippen LogP contribution in [0.15, 0.2) is 18.2 Å². The van der Waals surface area contributed by atoms with Gasteiger partial charge in [0.25, 0.3) is 0 Å². The minimum atomic E-state index is 0.650.